The molecule has 0 aliphatic carbocycles. The first-order valence-corrected chi connectivity index (χ1v) is 3.92. The smallest absolute Gasteiger partial charge is 0.156 e. The molecule has 0 aromatic carbocycles. The van der Waals surface area contributed by atoms with Crippen molar-refractivity contribution in [2.75, 3.05) is 14.2 Å². The van der Waals surface area contributed by atoms with Crippen molar-refractivity contribution < 1.29 is 9.47 Å². The molecule has 0 amide bonds. The molecule has 0 aliphatic heterocycles. The van der Waals surface area contributed by atoms with Crippen LogP contribution in [0, 0.1) is 5.92 Å². The van der Waals surface area contributed by atoms with E-state index in [0.29, 0.717) is 5.92 Å². The standard InChI is InChI=1S/C9H18O2/c1-5-8(2)6-7-9(10-3)11-4/h5,8-9H,1,6-7H2,2-4H3. The number of ether oxygens (including phenoxy) is 2. The lowest BCUT2D eigenvalue weighted by Crippen LogP contribution is -2.13. The third kappa shape index (κ3) is 4.99. The highest BCUT2D eigenvalue weighted by Crippen LogP contribution is 2.10. The molecule has 11 heavy (non-hydrogen) atoms. The van der Waals surface area contributed by atoms with Crippen LogP contribution in [0.1, 0.15) is 19.8 Å². The lowest BCUT2D eigenvalue weighted by atomic mass is 10.1. The number of methoxy groups -OCH3 is 2. The quantitative estimate of drug-likeness (QED) is 0.436. The van der Waals surface area contributed by atoms with Crippen LogP contribution in [0.15, 0.2) is 12.7 Å². The second kappa shape index (κ2) is 6.38. The fourth-order valence-electron chi connectivity index (χ4n) is 0.849. The average Bonchev–Trinajstić information content (AvgIpc) is 2.06. The molecule has 0 N–H and O–H groups in total. The molecule has 66 valence electrons. The Hall–Kier alpha value is -0.340. The SMILES string of the molecule is C=CC(C)CCC(OC)OC. The minimum absolute atomic E-state index is 0.0580. The van der Waals surface area contributed by atoms with Crippen LogP contribution >= 0.6 is 0 Å². The molecule has 0 rings (SSSR count). The summed E-state index contributed by atoms with van der Waals surface area (Å²) < 4.78 is 10.1. The van der Waals surface area contributed by atoms with Gasteiger partial charge in [0.05, 0.1) is 0 Å². The van der Waals surface area contributed by atoms with E-state index in [0.717, 1.165) is 12.8 Å². The van der Waals surface area contributed by atoms with Gasteiger partial charge in [0.1, 0.15) is 0 Å². The first-order valence-electron chi connectivity index (χ1n) is 3.92. The summed E-state index contributed by atoms with van der Waals surface area (Å²) in [7, 11) is 3.32. The van der Waals surface area contributed by atoms with Gasteiger partial charge in [-0.05, 0) is 18.8 Å². The van der Waals surface area contributed by atoms with Crippen LogP contribution < -0.4 is 0 Å². The van der Waals surface area contributed by atoms with Crippen LogP contribution in [0.3, 0.4) is 0 Å². The van der Waals surface area contributed by atoms with E-state index in [1.807, 2.05) is 6.08 Å². The van der Waals surface area contributed by atoms with Gasteiger partial charge in [-0.2, -0.15) is 0 Å². The van der Waals surface area contributed by atoms with Crippen molar-refractivity contribution in [3.63, 3.8) is 0 Å². The van der Waals surface area contributed by atoms with E-state index in [1.54, 1.807) is 14.2 Å². The molecule has 0 fully saturated rings. The molecule has 0 saturated heterocycles. The van der Waals surface area contributed by atoms with E-state index in [9.17, 15) is 0 Å². The van der Waals surface area contributed by atoms with Crippen LogP contribution in [0.25, 0.3) is 0 Å². The topological polar surface area (TPSA) is 18.5 Å². The van der Waals surface area contributed by atoms with E-state index in [4.69, 9.17) is 9.47 Å². The van der Waals surface area contributed by atoms with Gasteiger partial charge in [-0.25, -0.2) is 0 Å². The minimum atomic E-state index is -0.0580. The molecule has 0 heterocycles. The highest BCUT2D eigenvalue weighted by Gasteiger charge is 2.05. The summed E-state index contributed by atoms with van der Waals surface area (Å²) in [5, 5.41) is 0. The highest BCUT2D eigenvalue weighted by molar-refractivity contribution is 4.74. The molecule has 0 aromatic rings. The zero-order valence-electron chi connectivity index (χ0n) is 7.67. The van der Waals surface area contributed by atoms with Crippen molar-refractivity contribution in [3.8, 4) is 0 Å². The first kappa shape index (κ1) is 10.7. The highest BCUT2D eigenvalue weighted by atomic mass is 16.7. The van der Waals surface area contributed by atoms with Crippen molar-refractivity contribution >= 4 is 0 Å². The third-order valence-electron chi connectivity index (χ3n) is 1.79. The first-order chi connectivity index (χ1) is 5.24. The maximum Gasteiger partial charge on any atom is 0.156 e. The van der Waals surface area contributed by atoms with Gasteiger partial charge >= 0.3 is 0 Å². The zero-order chi connectivity index (χ0) is 8.69. The Kier molecular flexibility index (Phi) is 6.18. The van der Waals surface area contributed by atoms with Crippen LogP contribution in [0.2, 0.25) is 0 Å². The Bertz CT molecular complexity index is 97.7. The fraction of sp³-hybridized carbons (Fsp3) is 0.778. The Morgan fingerprint density at radius 1 is 1.27 bits per heavy atom. The summed E-state index contributed by atoms with van der Waals surface area (Å²) in [4.78, 5) is 0. The Morgan fingerprint density at radius 3 is 2.18 bits per heavy atom. The molecule has 0 bridgehead atoms. The van der Waals surface area contributed by atoms with Crippen LogP contribution in [0.5, 0.6) is 0 Å². The predicted octanol–water partition coefficient (Wildman–Crippen LogP) is 2.21. The van der Waals surface area contributed by atoms with Gasteiger partial charge < -0.3 is 9.47 Å². The van der Waals surface area contributed by atoms with Crippen molar-refractivity contribution in [2.24, 2.45) is 5.92 Å². The fourth-order valence-corrected chi connectivity index (χ4v) is 0.849. The van der Waals surface area contributed by atoms with Gasteiger partial charge in [0, 0.05) is 14.2 Å². The van der Waals surface area contributed by atoms with Gasteiger partial charge in [0.15, 0.2) is 6.29 Å². The molecule has 0 radical (unpaired) electrons. The molecule has 0 aromatic heterocycles. The normalized spacial score (nSPS) is 13.5. The molecule has 2 heteroatoms. The largest absolute Gasteiger partial charge is 0.356 e. The van der Waals surface area contributed by atoms with Gasteiger partial charge in [-0.15, -0.1) is 6.58 Å². The van der Waals surface area contributed by atoms with Crippen molar-refractivity contribution in [1.82, 2.24) is 0 Å². The van der Waals surface area contributed by atoms with Gasteiger partial charge in [-0.1, -0.05) is 13.0 Å². The summed E-state index contributed by atoms with van der Waals surface area (Å²) in [6.07, 6.45) is 3.88. The lowest BCUT2D eigenvalue weighted by molar-refractivity contribution is -0.107. The second-order valence-corrected chi connectivity index (χ2v) is 2.69. The number of allylic oxidation sites excluding steroid dienone is 1. The average molecular weight is 158 g/mol. The van der Waals surface area contributed by atoms with E-state index < -0.39 is 0 Å². The molecular formula is C9H18O2. The van der Waals surface area contributed by atoms with Crippen molar-refractivity contribution in [3.05, 3.63) is 12.7 Å². The van der Waals surface area contributed by atoms with Gasteiger partial charge in [-0.3, -0.25) is 0 Å². The van der Waals surface area contributed by atoms with Crippen LogP contribution in [-0.2, 0) is 9.47 Å². The summed E-state index contributed by atoms with van der Waals surface area (Å²) in [6, 6.07) is 0. The van der Waals surface area contributed by atoms with E-state index in [-0.39, 0.29) is 6.29 Å². The van der Waals surface area contributed by atoms with E-state index in [1.165, 1.54) is 0 Å². The number of rotatable bonds is 6. The summed E-state index contributed by atoms with van der Waals surface area (Å²) >= 11 is 0. The van der Waals surface area contributed by atoms with Gasteiger partial charge in [0.2, 0.25) is 0 Å². The third-order valence-corrected chi connectivity index (χ3v) is 1.79. The molecule has 0 saturated carbocycles. The minimum Gasteiger partial charge on any atom is -0.356 e. The summed E-state index contributed by atoms with van der Waals surface area (Å²) in [6.45, 7) is 5.84. The van der Waals surface area contributed by atoms with Crippen molar-refractivity contribution in [2.45, 2.75) is 26.1 Å². The monoisotopic (exact) mass is 158 g/mol. The molecule has 1 atom stereocenters. The molecule has 1 unspecified atom stereocenters. The predicted molar refractivity (Wildman–Crippen MR) is 46.4 cm³/mol. The number of hydrogen-bond donors (Lipinski definition) is 0. The Labute approximate surface area is 69.2 Å². The Balaban J connectivity index is 3.41. The number of hydrogen-bond acceptors (Lipinski definition) is 2. The maximum absolute atomic E-state index is 5.04. The Morgan fingerprint density at radius 2 is 1.82 bits per heavy atom. The molecular weight excluding hydrogens is 140 g/mol. The van der Waals surface area contributed by atoms with E-state index >= 15 is 0 Å². The van der Waals surface area contributed by atoms with Crippen LogP contribution in [0.4, 0.5) is 0 Å². The lowest BCUT2D eigenvalue weighted by Gasteiger charge is -2.14. The van der Waals surface area contributed by atoms with Crippen LogP contribution in [-0.4, -0.2) is 20.5 Å². The van der Waals surface area contributed by atoms with Gasteiger partial charge in [0.25, 0.3) is 0 Å². The summed E-state index contributed by atoms with van der Waals surface area (Å²) in [5.74, 6) is 0.544. The summed E-state index contributed by atoms with van der Waals surface area (Å²) in [5.41, 5.74) is 0. The van der Waals surface area contributed by atoms with E-state index in [2.05, 4.69) is 13.5 Å². The maximum atomic E-state index is 5.04. The second-order valence-electron chi connectivity index (χ2n) is 2.69. The zero-order valence-corrected chi connectivity index (χ0v) is 7.67. The van der Waals surface area contributed by atoms with Crippen molar-refractivity contribution in [1.29, 1.82) is 0 Å². The molecule has 2 nitrogen and oxygen atoms in total. The molecule has 0 aliphatic rings. The molecule has 0 spiro atoms.